The Morgan fingerprint density at radius 3 is 1.78 bits per heavy atom. The minimum absolute atomic E-state index is 0.406. The van der Waals surface area contributed by atoms with Crippen LogP contribution in [-0.4, -0.2) is 19.8 Å². The van der Waals surface area contributed by atoms with Gasteiger partial charge in [-0.1, -0.05) is 49.7 Å². The molecule has 1 radical (unpaired) electrons. The van der Waals surface area contributed by atoms with E-state index >= 15 is 0 Å². The van der Waals surface area contributed by atoms with E-state index in [1.54, 1.807) is 33.3 Å². The third kappa shape index (κ3) is 6.71. The molecule has 193 valence electrons. The van der Waals surface area contributed by atoms with Crippen molar-refractivity contribution in [2.24, 2.45) is 23.2 Å². The Labute approximate surface area is 233 Å². The van der Waals surface area contributed by atoms with Crippen molar-refractivity contribution in [3.05, 3.63) is 70.7 Å². The Hall–Kier alpha value is -0.121. The molecule has 36 heavy (non-hydrogen) atoms. The minimum atomic E-state index is -1.78. The van der Waals surface area contributed by atoms with Crippen LogP contribution in [0, 0.1) is 23.2 Å². The second kappa shape index (κ2) is 11.5. The molecule has 6 rings (SSSR count). The van der Waals surface area contributed by atoms with Crippen LogP contribution in [0.2, 0.25) is 4.44 Å². The number of rotatable bonds is 4. The normalized spacial score (nSPS) is 23.6. The van der Waals surface area contributed by atoms with Crippen LogP contribution in [0.4, 0.5) is 0 Å². The summed E-state index contributed by atoms with van der Waals surface area (Å²) >= 11 is -1.78. The molecule has 3 saturated carbocycles. The van der Waals surface area contributed by atoms with Crippen molar-refractivity contribution < 1.29 is 0 Å². The summed E-state index contributed by atoms with van der Waals surface area (Å²) in [6, 6.07) is 22.9. The molecule has 0 N–H and O–H groups in total. The molecule has 0 aliphatic heterocycles. The van der Waals surface area contributed by atoms with Gasteiger partial charge in [-0.3, -0.25) is 0 Å². The van der Waals surface area contributed by atoms with Gasteiger partial charge in [0.05, 0.1) is 0 Å². The predicted octanol–water partition coefficient (Wildman–Crippen LogP) is 9.84. The molecule has 1 heterocycles. The van der Waals surface area contributed by atoms with Gasteiger partial charge in [-0.25, -0.2) is 0 Å². The van der Waals surface area contributed by atoms with E-state index in [1.807, 2.05) is 0 Å². The fourth-order valence-corrected chi connectivity index (χ4v) is 22.2. The van der Waals surface area contributed by atoms with Crippen LogP contribution >= 0.6 is 23.9 Å². The van der Waals surface area contributed by atoms with E-state index in [0.29, 0.717) is 16.2 Å². The number of hydrogen-bond donors (Lipinski definition) is 0. The first-order chi connectivity index (χ1) is 16.9. The molecule has 0 amide bonds. The van der Waals surface area contributed by atoms with Crippen molar-refractivity contribution in [2.45, 2.75) is 89.9 Å². The molecular formula is C32H46P3Sn. The van der Waals surface area contributed by atoms with E-state index in [1.165, 1.54) is 23.7 Å². The van der Waals surface area contributed by atoms with Gasteiger partial charge >= 0.3 is 148 Å². The number of benzene rings is 2. The quantitative estimate of drug-likeness (QED) is 0.249. The van der Waals surface area contributed by atoms with E-state index in [-0.39, 0.29) is 0 Å². The van der Waals surface area contributed by atoms with Crippen LogP contribution in [0.15, 0.2) is 60.7 Å². The second-order valence-corrected chi connectivity index (χ2v) is 25.4. The fraction of sp³-hybridized carbons (Fsp3) is 0.562. The molecule has 1 aromatic heterocycles. The summed E-state index contributed by atoms with van der Waals surface area (Å²) in [6.07, 6.45) is 4.48. The zero-order valence-corrected chi connectivity index (χ0v) is 29.4. The predicted molar refractivity (Wildman–Crippen MR) is 169 cm³/mol. The molecule has 2 bridgehead atoms. The van der Waals surface area contributed by atoms with Gasteiger partial charge in [0, 0.05) is 10.1 Å². The monoisotopic (exact) mass is 643 g/mol. The van der Waals surface area contributed by atoms with E-state index in [0.717, 1.165) is 25.6 Å². The van der Waals surface area contributed by atoms with Crippen LogP contribution in [0.1, 0.15) is 84.7 Å². The van der Waals surface area contributed by atoms with Crippen LogP contribution in [0.3, 0.4) is 0 Å². The van der Waals surface area contributed by atoms with Gasteiger partial charge in [0.15, 0.2) is 0 Å². The zero-order valence-electron chi connectivity index (χ0n) is 23.7. The fourth-order valence-electron chi connectivity index (χ4n) is 6.08. The van der Waals surface area contributed by atoms with E-state index in [9.17, 15) is 0 Å². The molecular weight excluding hydrogens is 596 g/mol. The molecule has 0 nitrogen and oxygen atoms in total. The summed E-state index contributed by atoms with van der Waals surface area (Å²) < 4.78 is 4.87. The number of hydrogen-bond acceptors (Lipinski definition) is 0. The average Bonchev–Trinajstić information content (AvgIpc) is 3.36. The Morgan fingerprint density at radius 1 is 0.833 bits per heavy atom. The first-order valence-corrected chi connectivity index (χ1v) is 22.3. The van der Waals surface area contributed by atoms with E-state index < -0.39 is 19.8 Å². The van der Waals surface area contributed by atoms with Gasteiger partial charge in [0.1, 0.15) is 0 Å². The van der Waals surface area contributed by atoms with Crippen LogP contribution in [0.5, 0.6) is 0 Å². The SMILES string of the molecule is CC(C)(C)c1p[pH]c(C(C)(C)C)p1.CC1(C)[C@H]2CC[C@H]([CH2][Sn]([c]3ccccc3)[c]3ccccc3)[C@@H]1C2. The van der Waals surface area contributed by atoms with Crippen molar-refractivity contribution in [1.82, 2.24) is 0 Å². The van der Waals surface area contributed by atoms with Crippen LogP contribution in [0.25, 0.3) is 0 Å². The summed E-state index contributed by atoms with van der Waals surface area (Å²) in [5, 5.41) is 3.44. The first-order valence-electron chi connectivity index (χ1n) is 13.8. The average molecular weight is 642 g/mol. The van der Waals surface area contributed by atoms with Gasteiger partial charge in [-0.15, -0.1) is 7.87 Å². The van der Waals surface area contributed by atoms with Gasteiger partial charge in [0.2, 0.25) is 0 Å². The molecule has 3 aliphatic rings. The van der Waals surface area contributed by atoms with Gasteiger partial charge in [0.25, 0.3) is 0 Å². The Kier molecular flexibility index (Phi) is 9.26. The van der Waals surface area contributed by atoms with E-state index in [4.69, 9.17) is 0 Å². The van der Waals surface area contributed by atoms with E-state index in [2.05, 4.69) is 116 Å². The van der Waals surface area contributed by atoms with Gasteiger partial charge in [-0.05, 0) is 18.7 Å². The molecule has 4 heteroatoms. The Balaban J connectivity index is 0.000000200. The summed E-state index contributed by atoms with van der Waals surface area (Å²) in [5.74, 6) is 2.98. The van der Waals surface area contributed by atoms with Crippen molar-refractivity contribution in [2.75, 3.05) is 0 Å². The molecule has 1 unspecified atom stereocenters. The third-order valence-corrected chi connectivity index (χ3v) is 24.9. The molecule has 0 saturated heterocycles. The molecule has 3 aromatic rings. The Morgan fingerprint density at radius 2 is 1.39 bits per heavy atom. The number of fused-ring (bicyclic) bond motifs is 2. The van der Waals surface area contributed by atoms with Crippen LogP contribution in [-0.2, 0) is 10.8 Å². The standard InChI is InChI=1S/C10H19P3.C10H17.2C6H5.Sn/c1-9(2,3)7-11-8(13-12-7)10(4,5)6;1-7-4-5-8-6-9(7)10(8,2)3;2*1-2-4-6-5-3-1;/h12H,1-6H3;7-9H,1,4-6H2,2-3H3;2*1-5H;/t;7-,8-,9-;;;/m.0.../s1. The summed E-state index contributed by atoms with van der Waals surface area (Å²) in [4.78, 5) is 0. The van der Waals surface area contributed by atoms with Gasteiger partial charge in [-0.2, -0.15) is 0 Å². The van der Waals surface area contributed by atoms with Crippen molar-refractivity contribution >= 4 is 50.9 Å². The molecule has 0 spiro atoms. The van der Waals surface area contributed by atoms with Crippen molar-refractivity contribution in [1.29, 1.82) is 0 Å². The molecule has 4 atom stereocenters. The Bertz CT molecular complexity index is 1040. The molecule has 2 aromatic carbocycles. The van der Waals surface area contributed by atoms with Gasteiger partial charge < -0.3 is 0 Å². The first kappa shape index (κ1) is 28.9. The zero-order chi connectivity index (χ0) is 26.1. The summed E-state index contributed by atoms with van der Waals surface area (Å²) in [5.41, 5.74) is 1.44. The van der Waals surface area contributed by atoms with Crippen molar-refractivity contribution in [3.63, 3.8) is 0 Å². The molecule has 3 aliphatic carbocycles. The van der Waals surface area contributed by atoms with Crippen LogP contribution < -0.4 is 7.16 Å². The molecule has 3 fully saturated rings. The summed E-state index contributed by atoms with van der Waals surface area (Å²) in [7, 11) is 4.18. The maximum absolute atomic E-state index is 2.53. The summed E-state index contributed by atoms with van der Waals surface area (Å²) in [6.45, 7) is 19.1. The second-order valence-electron chi connectivity index (χ2n) is 13.6. The third-order valence-electron chi connectivity index (χ3n) is 8.58. The van der Waals surface area contributed by atoms with Crippen molar-refractivity contribution in [3.8, 4) is 0 Å². The maximum atomic E-state index is 2.53. The topological polar surface area (TPSA) is 0 Å².